The van der Waals surface area contributed by atoms with Gasteiger partial charge < -0.3 is 11.1 Å². The zero-order chi connectivity index (χ0) is 9.56. The lowest BCUT2D eigenvalue weighted by Crippen LogP contribution is -2.43. The Kier molecular flexibility index (Phi) is 5.53. The number of carbonyl (C=O) groups excluding carboxylic acids is 2. The molecule has 0 aromatic heterocycles. The second kappa shape index (κ2) is 5.88. The van der Waals surface area contributed by atoms with Gasteiger partial charge in [-0.2, -0.15) is 11.8 Å². The number of primary amides is 1. The van der Waals surface area contributed by atoms with E-state index >= 15 is 0 Å². The van der Waals surface area contributed by atoms with Crippen molar-refractivity contribution in [3.63, 3.8) is 0 Å². The van der Waals surface area contributed by atoms with Gasteiger partial charge in [-0.15, -0.1) is 0 Å². The van der Waals surface area contributed by atoms with Crippen molar-refractivity contribution >= 4 is 23.6 Å². The first kappa shape index (κ1) is 11.3. The van der Waals surface area contributed by atoms with E-state index in [2.05, 4.69) is 5.32 Å². The lowest BCUT2D eigenvalue weighted by Gasteiger charge is -2.12. The fraction of sp³-hybridized carbons (Fsp3) is 0.714. The van der Waals surface area contributed by atoms with Crippen molar-refractivity contribution in [1.82, 2.24) is 5.32 Å². The molecule has 0 bridgehead atoms. The minimum Gasteiger partial charge on any atom is -0.368 e. The molecule has 0 saturated carbocycles. The summed E-state index contributed by atoms with van der Waals surface area (Å²) in [5.41, 5.74) is 5.06. The molecule has 0 aromatic rings. The van der Waals surface area contributed by atoms with Gasteiger partial charge in [-0.05, 0) is 18.4 Å². The van der Waals surface area contributed by atoms with Gasteiger partial charge in [0.1, 0.15) is 6.04 Å². The van der Waals surface area contributed by atoms with E-state index in [9.17, 15) is 9.59 Å². The number of nitrogens with two attached hydrogens (primary N) is 1. The van der Waals surface area contributed by atoms with Crippen LogP contribution in [-0.2, 0) is 9.59 Å². The number of amides is 2. The maximum Gasteiger partial charge on any atom is 0.240 e. The van der Waals surface area contributed by atoms with Gasteiger partial charge in [0, 0.05) is 6.92 Å². The van der Waals surface area contributed by atoms with Crippen molar-refractivity contribution in [2.24, 2.45) is 5.73 Å². The highest BCUT2D eigenvalue weighted by Crippen LogP contribution is 1.99. The minimum absolute atomic E-state index is 0.222. The molecule has 0 fully saturated rings. The first-order valence-electron chi connectivity index (χ1n) is 3.63. The summed E-state index contributed by atoms with van der Waals surface area (Å²) in [5.74, 6) is 0.118. The summed E-state index contributed by atoms with van der Waals surface area (Å²) >= 11 is 1.62. The van der Waals surface area contributed by atoms with Crippen LogP contribution in [0.1, 0.15) is 13.3 Å². The monoisotopic (exact) mass is 190 g/mol. The number of rotatable bonds is 5. The molecule has 0 aliphatic heterocycles. The van der Waals surface area contributed by atoms with Crippen LogP contribution in [0, 0.1) is 0 Å². The molecule has 5 heteroatoms. The standard InChI is InChI=1S/C7H14N2O2S/c1-5(10)9-6(7(8)11)3-4-12-2/h6H,3-4H2,1-2H3,(H2,8,11)(H,9,10)/t6-/m1/s1. The Morgan fingerprint density at radius 3 is 2.50 bits per heavy atom. The predicted octanol–water partition coefficient (Wildman–Crippen LogP) is -0.271. The van der Waals surface area contributed by atoms with Crippen molar-refractivity contribution in [1.29, 1.82) is 0 Å². The van der Waals surface area contributed by atoms with Gasteiger partial charge >= 0.3 is 0 Å². The van der Waals surface area contributed by atoms with E-state index in [0.29, 0.717) is 6.42 Å². The molecule has 0 aromatic carbocycles. The van der Waals surface area contributed by atoms with E-state index in [0.717, 1.165) is 5.75 Å². The number of hydrogen-bond donors (Lipinski definition) is 2. The van der Waals surface area contributed by atoms with Crippen molar-refractivity contribution in [3.8, 4) is 0 Å². The second-order valence-electron chi connectivity index (χ2n) is 2.44. The Labute approximate surface area is 76.3 Å². The molecule has 0 aliphatic carbocycles. The highest BCUT2D eigenvalue weighted by atomic mass is 32.2. The smallest absolute Gasteiger partial charge is 0.240 e. The van der Waals surface area contributed by atoms with Crippen LogP contribution in [0.2, 0.25) is 0 Å². The van der Waals surface area contributed by atoms with Gasteiger partial charge in [0.2, 0.25) is 11.8 Å². The molecule has 12 heavy (non-hydrogen) atoms. The highest BCUT2D eigenvalue weighted by Gasteiger charge is 2.14. The van der Waals surface area contributed by atoms with Gasteiger partial charge in [-0.25, -0.2) is 0 Å². The van der Waals surface area contributed by atoms with E-state index in [1.54, 1.807) is 11.8 Å². The SMILES string of the molecule is CSCC[C@@H](NC(C)=O)C(N)=O. The van der Waals surface area contributed by atoms with Crippen molar-refractivity contribution in [2.45, 2.75) is 19.4 Å². The molecule has 3 N–H and O–H groups in total. The molecule has 0 unspecified atom stereocenters. The van der Waals surface area contributed by atoms with Gasteiger partial charge in [-0.1, -0.05) is 0 Å². The molecule has 0 radical (unpaired) electrons. The molecule has 0 saturated heterocycles. The molecule has 70 valence electrons. The van der Waals surface area contributed by atoms with E-state index in [1.165, 1.54) is 6.92 Å². The first-order valence-corrected chi connectivity index (χ1v) is 5.02. The van der Waals surface area contributed by atoms with Crippen molar-refractivity contribution in [2.75, 3.05) is 12.0 Å². The summed E-state index contributed by atoms with van der Waals surface area (Å²) in [6.07, 6.45) is 2.53. The van der Waals surface area contributed by atoms with Crippen LogP contribution in [0.25, 0.3) is 0 Å². The average Bonchev–Trinajstić information content (AvgIpc) is 1.96. The zero-order valence-corrected chi connectivity index (χ0v) is 8.11. The van der Waals surface area contributed by atoms with Crippen LogP contribution in [0.3, 0.4) is 0 Å². The zero-order valence-electron chi connectivity index (χ0n) is 7.29. The highest BCUT2D eigenvalue weighted by molar-refractivity contribution is 7.98. The fourth-order valence-corrected chi connectivity index (χ4v) is 1.24. The van der Waals surface area contributed by atoms with Gasteiger partial charge in [-0.3, -0.25) is 9.59 Å². The molecule has 0 rings (SSSR count). The van der Waals surface area contributed by atoms with Gasteiger partial charge in [0.15, 0.2) is 0 Å². The maximum absolute atomic E-state index is 10.7. The maximum atomic E-state index is 10.7. The molecular formula is C7H14N2O2S. The molecule has 4 nitrogen and oxygen atoms in total. The lowest BCUT2D eigenvalue weighted by atomic mass is 10.2. The Morgan fingerprint density at radius 1 is 1.58 bits per heavy atom. The van der Waals surface area contributed by atoms with Crippen LogP contribution in [0.5, 0.6) is 0 Å². The molecule has 2 amide bonds. The van der Waals surface area contributed by atoms with Gasteiger partial charge in [0.25, 0.3) is 0 Å². The summed E-state index contributed by atoms with van der Waals surface area (Å²) < 4.78 is 0. The van der Waals surface area contributed by atoms with E-state index in [4.69, 9.17) is 5.73 Å². The summed E-state index contributed by atoms with van der Waals surface area (Å²) in [6, 6.07) is -0.519. The van der Waals surface area contributed by atoms with Gasteiger partial charge in [0.05, 0.1) is 0 Å². The molecule has 0 aliphatic rings. The van der Waals surface area contributed by atoms with Crippen LogP contribution in [0.15, 0.2) is 0 Å². The minimum atomic E-state index is -0.519. The Hall–Kier alpha value is -0.710. The third-order valence-corrected chi connectivity index (χ3v) is 1.98. The Bertz CT molecular complexity index is 173. The van der Waals surface area contributed by atoms with Crippen molar-refractivity contribution < 1.29 is 9.59 Å². The summed E-state index contributed by atoms with van der Waals surface area (Å²) in [7, 11) is 0. The third kappa shape index (κ3) is 5.01. The van der Waals surface area contributed by atoms with Crippen LogP contribution >= 0.6 is 11.8 Å². The quantitative estimate of drug-likeness (QED) is 0.627. The number of carbonyl (C=O) groups is 2. The Morgan fingerprint density at radius 2 is 2.17 bits per heavy atom. The molecule has 1 atom stereocenters. The van der Waals surface area contributed by atoms with E-state index in [-0.39, 0.29) is 5.91 Å². The molecule has 0 spiro atoms. The van der Waals surface area contributed by atoms with Crippen LogP contribution in [0.4, 0.5) is 0 Å². The van der Waals surface area contributed by atoms with E-state index < -0.39 is 11.9 Å². The number of nitrogens with one attached hydrogen (secondary N) is 1. The molecule has 0 heterocycles. The first-order chi connectivity index (χ1) is 5.57. The predicted molar refractivity (Wildman–Crippen MR) is 49.8 cm³/mol. The van der Waals surface area contributed by atoms with E-state index in [1.807, 2.05) is 6.26 Å². The Balaban J connectivity index is 3.87. The number of hydrogen-bond acceptors (Lipinski definition) is 3. The average molecular weight is 190 g/mol. The number of thioether (sulfide) groups is 1. The summed E-state index contributed by atoms with van der Waals surface area (Å²) in [4.78, 5) is 21.3. The largest absolute Gasteiger partial charge is 0.368 e. The third-order valence-electron chi connectivity index (χ3n) is 1.33. The van der Waals surface area contributed by atoms with Crippen LogP contribution < -0.4 is 11.1 Å². The fourth-order valence-electron chi connectivity index (χ4n) is 0.767. The molecular weight excluding hydrogens is 176 g/mol. The van der Waals surface area contributed by atoms with Crippen LogP contribution in [-0.4, -0.2) is 29.9 Å². The second-order valence-corrected chi connectivity index (χ2v) is 3.42. The summed E-state index contributed by atoms with van der Waals surface area (Å²) in [6.45, 7) is 1.37. The topological polar surface area (TPSA) is 72.2 Å². The lowest BCUT2D eigenvalue weighted by molar-refractivity contribution is -0.126. The summed E-state index contributed by atoms with van der Waals surface area (Å²) in [5, 5.41) is 2.49. The normalized spacial score (nSPS) is 12.2. The van der Waals surface area contributed by atoms with Crippen molar-refractivity contribution in [3.05, 3.63) is 0 Å².